The fourth-order valence-corrected chi connectivity index (χ4v) is 2.93. The van der Waals surface area contributed by atoms with Crippen LogP contribution in [0.2, 0.25) is 5.02 Å². The summed E-state index contributed by atoms with van der Waals surface area (Å²) in [6, 6.07) is 7.54. The third-order valence-electron chi connectivity index (χ3n) is 3.59. The zero-order valence-electron chi connectivity index (χ0n) is 12.7. The second-order valence-corrected chi connectivity index (χ2v) is 6.12. The summed E-state index contributed by atoms with van der Waals surface area (Å²) in [6.07, 6.45) is 0.526. The molecule has 0 spiro atoms. The van der Waals surface area contributed by atoms with Crippen LogP contribution in [0, 0.1) is 0 Å². The number of aryl methyl sites for hydroxylation is 1. The molecule has 114 valence electrons. The van der Waals surface area contributed by atoms with Gasteiger partial charge in [-0.15, -0.1) is 0 Å². The number of H-pyrrole nitrogens is 1. The van der Waals surface area contributed by atoms with Gasteiger partial charge in [0.1, 0.15) is 11.3 Å². The summed E-state index contributed by atoms with van der Waals surface area (Å²) in [6.45, 7) is 4.13. The molecule has 0 bridgehead atoms. The van der Waals surface area contributed by atoms with Crippen LogP contribution in [-0.2, 0) is 13.5 Å². The van der Waals surface area contributed by atoms with Crippen LogP contribution in [0.5, 0.6) is 0 Å². The van der Waals surface area contributed by atoms with E-state index in [2.05, 4.69) is 28.9 Å². The van der Waals surface area contributed by atoms with Crippen LogP contribution in [0.25, 0.3) is 11.0 Å². The molecule has 22 heavy (non-hydrogen) atoms. The van der Waals surface area contributed by atoms with E-state index in [1.807, 2.05) is 31.3 Å². The van der Waals surface area contributed by atoms with Crippen LogP contribution in [0.4, 0.5) is 0 Å². The van der Waals surface area contributed by atoms with Crippen LogP contribution in [0.1, 0.15) is 36.8 Å². The number of benzene rings is 1. The molecule has 0 saturated heterocycles. The molecule has 0 atom stereocenters. The maximum Gasteiger partial charge on any atom is 0.279 e. The topological polar surface area (TPSA) is 63.6 Å². The van der Waals surface area contributed by atoms with Gasteiger partial charge in [-0.25, -0.2) is 4.98 Å². The van der Waals surface area contributed by atoms with Gasteiger partial charge in [0.2, 0.25) is 0 Å². The SMILES string of the molecule is CC(C)c1c2nc(Cc3cccc(Cl)c3)[nH]c(=O)c2nn1C. The third-order valence-corrected chi connectivity index (χ3v) is 3.83. The Morgan fingerprint density at radius 3 is 2.77 bits per heavy atom. The zero-order chi connectivity index (χ0) is 15.9. The van der Waals surface area contributed by atoms with Crippen molar-refractivity contribution in [3.05, 3.63) is 56.7 Å². The molecule has 0 aliphatic rings. The first-order chi connectivity index (χ1) is 10.5. The number of halogens is 1. The molecule has 0 aliphatic carbocycles. The van der Waals surface area contributed by atoms with Gasteiger partial charge in [-0.3, -0.25) is 9.48 Å². The minimum atomic E-state index is -0.204. The predicted molar refractivity (Wildman–Crippen MR) is 87.5 cm³/mol. The summed E-state index contributed by atoms with van der Waals surface area (Å²) in [5.74, 6) is 0.859. The molecule has 3 rings (SSSR count). The lowest BCUT2D eigenvalue weighted by atomic mass is 10.1. The van der Waals surface area contributed by atoms with Gasteiger partial charge in [0, 0.05) is 18.5 Å². The maximum atomic E-state index is 12.2. The molecule has 0 fully saturated rings. The molecule has 1 aromatic carbocycles. The van der Waals surface area contributed by atoms with Crippen molar-refractivity contribution in [1.29, 1.82) is 0 Å². The van der Waals surface area contributed by atoms with E-state index in [-0.39, 0.29) is 11.5 Å². The Morgan fingerprint density at radius 1 is 1.32 bits per heavy atom. The summed E-state index contributed by atoms with van der Waals surface area (Å²) >= 11 is 6.00. The van der Waals surface area contributed by atoms with Gasteiger partial charge in [0.25, 0.3) is 5.56 Å². The standard InChI is InChI=1S/C16H17ClN4O/c1-9(2)15-13-14(20-21(15)3)16(22)19-12(18-13)8-10-5-4-6-11(17)7-10/h4-7,9H,8H2,1-3H3,(H,18,19,22). The monoisotopic (exact) mass is 316 g/mol. The lowest BCUT2D eigenvalue weighted by molar-refractivity contribution is 0.676. The second kappa shape index (κ2) is 5.57. The van der Waals surface area contributed by atoms with Crippen molar-refractivity contribution in [3.8, 4) is 0 Å². The normalized spacial score (nSPS) is 11.5. The summed E-state index contributed by atoms with van der Waals surface area (Å²) in [7, 11) is 1.84. The Balaban J connectivity index is 2.12. The number of hydrogen-bond donors (Lipinski definition) is 1. The molecule has 0 aliphatic heterocycles. The quantitative estimate of drug-likeness (QED) is 0.808. The van der Waals surface area contributed by atoms with E-state index in [9.17, 15) is 4.79 Å². The lowest BCUT2D eigenvalue weighted by Gasteiger charge is -2.06. The number of aromatic amines is 1. The molecular formula is C16H17ClN4O. The highest BCUT2D eigenvalue weighted by molar-refractivity contribution is 6.30. The van der Waals surface area contributed by atoms with Gasteiger partial charge in [-0.1, -0.05) is 37.6 Å². The van der Waals surface area contributed by atoms with E-state index in [1.165, 1.54) is 0 Å². The number of nitrogens with zero attached hydrogens (tertiary/aromatic N) is 3. The molecular weight excluding hydrogens is 300 g/mol. The van der Waals surface area contributed by atoms with Crippen LogP contribution in [0.15, 0.2) is 29.1 Å². The summed E-state index contributed by atoms with van der Waals surface area (Å²) in [5.41, 5.74) is 2.84. The Morgan fingerprint density at radius 2 is 2.09 bits per heavy atom. The molecule has 3 aromatic rings. The van der Waals surface area contributed by atoms with Gasteiger partial charge < -0.3 is 4.98 Å². The second-order valence-electron chi connectivity index (χ2n) is 5.68. The van der Waals surface area contributed by atoms with Crippen LogP contribution < -0.4 is 5.56 Å². The minimum absolute atomic E-state index is 0.204. The molecule has 6 heteroatoms. The molecule has 0 unspecified atom stereocenters. The lowest BCUT2D eigenvalue weighted by Crippen LogP contribution is -2.12. The average molecular weight is 317 g/mol. The van der Waals surface area contributed by atoms with Crippen molar-refractivity contribution in [2.75, 3.05) is 0 Å². The van der Waals surface area contributed by atoms with Crippen molar-refractivity contribution in [3.63, 3.8) is 0 Å². The largest absolute Gasteiger partial charge is 0.308 e. The molecule has 2 aromatic heterocycles. The molecule has 0 radical (unpaired) electrons. The van der Waals surface area contributed by atoms with Crippen molar-refractivity contribution in [2.24, 2.45) is 7.05 Å². The van der Waals surface area contributed by atoms with E-state index in [0.717, 1.165) is 11.3 Å². The van der Waals surface area contributed by atoms with Crippen molar-refractivity contribution in [1.82, 2.24) is 19.7 Å². The molecule has 1 N–H and O–H groups in total. The van der Waals surface area contributed by atoms with Crippen LogP contribution in [0.3, 0.4) is 0 Å². The predicted octanol–water partition coefficient (Wildman–Crippen LogP) is 3.02. The zero-order valence-corrected chi connectivity index (χ0v) is 13.5. The van der Waals surface area contributed by atoms with Crippen LogP contribution in [-0.4, -0.2) is 19.7 Å². The molecule has 0 saturated carbocycles. The number of fused-ring (bicyclic) bond motifs is 1. The summed E-state index contributed by atoms with van der Waals surface area (Å²) in [5, 5.41) is 4.96. The fourth-order valence-electron chi connectivity index (χ4n) is 2.71. The summed E-state index contributed by atoms with van der Waals surface area (Å²) in [4.78, 5) is 19.7. The van der Waals surface area contributed by atoms with Gasteiger partial charge >= 0.3 is 0 Å². The van der Waals surface area contributed by atoms with Crippen molar-refractivity contribution in [2.45, 2.75) is 26.2 Å². The van der Waals surface area contributed by atoms with Gasteiger partial charge in [-0.05, 0) is 23.6 Å². The van der Waals surface area contributed by atoms with E-state index >= 15 is 0 Å². The Labute approximate surface area is 133 Å². The van der Waals surface area contributed by atoms with Gasteiger partial charge in [-0.2, -0.15) is 5.10 Å². The first-order valence-electron chi connectivity index (χ1n) is 7.16. The third kappa shape index (κ3) is 2.64. The highest BCUT2D eigenvalue weighted by Gasteiger charge is 2.17. The smallest absolute Gasteiger partial charge is 0.279 e. The van der Waals surface area contributed by atoms with Gasteiger partial charge in [0.15, 0.2) is 5.52 Å². The van der Waals surface area contributed by atoms with E-state index in [4.69, 9.17) is 11.6 Å². The number of aromatic nitrogens is 4. The highest BCUT2D eigenvalue weighted by Crippen LogP contribution is 2.21. The number of nitrogens with one attached hydrogen (secondary N) is 1. The van der Waals surface area contributed by atoms with Crippen molar-refractivity contribution >= 4 is 22.6 Å². The Hall–Kier alpha value is -2.14. The Bertz CT molecular complexity index is 895. The number of hydrogen-bond acceptors (Lipinski definition) is 3. The highest BCUT2D eigenvalue weighted by atomic mass is 35.5. The van der Waals surface area contributed by atoms with Crippen LogP contribution >= 0.6 is 11.6 Å². The molecule has 5 nitrogen and oxygen atoms in total. The summed E-state index contributed by atoms with van der Waals surface area (Å²) < 4.78 is 1.74. The maximum absolute atomic E-state index is 12.2. The molecule has 2 heterocycles. The Kier molecular flexibility index (Phi) is 3.74. The first-order valence-corrected chi connectivity index (χ1v) is 7.53. The fraction of sp³-hybridized carbons (Fsp3) is 0.312. The van der Waals surface area contributed by atoms with E-state index < -0.39 is 0 Å². The van der Waals surface area contributed by atoms with Gasteiger partial charge in [0.05, 0.1) is 5.69 Å². The average Bonchev–Trinajstić information content (AvgIpc) is 2.75. The first kappa shape index (κ1) is 14.8. The number of rotatable bonds is 3. The minimum Gasteiger partial charge on any atom is -0.308 e. The van der Waals surface area contributed by atoms with Crippen molar-refractivity contribution < 1.29 is 0 Å². The van der Waals surface area contributed by atoms with E-state index in [1.54, 1.807) is 4.68 Å². The molecule has 0 amide bonds. The van der Waals surface area contributed by atoms with E-state index in [0.29, 0.717) is 28.3 Å².